The summed E-state index contributed by atoms with van der Waals surface area (Å²) in [6.07, 6.45) is -4.43. The Labute approximate surface area is 159 Å². The van der Waals surface area contributed by atoms with Gasteiger partial charge in [-0.25, -0.2) is 4.98 Å². The Balaban J connectivity index is 0.00000529. The number of aromatic nitrogens is 1. The van der Waals surface area contributed by atoms with Crippen LogP contribution in [0.25, 0.3) is 0 Å². The first kappa shape index (κ1) is 22.9. The number of halogens is 4. The highest BCUT2D eigenvalue weighted by molar-refractivity contribution is 14.0. The fourth-order valence-electron chi connectivity index (χ4n) is 1.47. The van der Waals surface area contributed by atoms with Gasteiger partial charge in [-0.05, 0) is 0 Å². The number of alkyl halides is 3. The van der Waals surface area contributed by atoms with Crippen LogP contribution in [0, 0.1) is 5.92 Å². The van der Waals surface area contributed by atoms with E-state index in [0.29, 0.717) is 24.1 Å². The van der Waals surface area contributed by atoms with E-state index in [4.69, 9.17) is 0 Å². The van der Waals surface area contributed by atoms with Crippen LogP contribution >= 0.6 is 35.3 Å². The molecule has 0 aromatic carbocycles. The van der Waals surface area contributed by atoms with Crippen molar-refractivity contribution in [2.75, 3.05) is 20.1 Å². The Bertz CT molecular complexity index is 548. The standard InChI is InChI=1S/C13H20F3N5OS.HI/c1-8(2)11(22)18-4-5-19-12(17-3)20-6-10-21-9(7-23-10)13(14,15)16;/h7-8H,4-6H2,1-3H3,(H,18,22)(H2,17,19,20);1H. The maximum Gasteiger partial charge on any atom is 0.434 e. The molecule has 0 saturated heterocycles. The summed E-state index contributed by atoms with van der Waals surface area (Å²) in [7, 11) is 1.55. The third kappa shape index (κ3) is 8.13. The van der Waals surface area contributed by atoms with Gasteiger partial charge in [-0.2, -0.15) is 13.2 Å². The molecule has 0 fully saturated rings. The van der Waals surface area contributed by atoms with E-state index in [1.165, 1.54) is 0 Å². The minimum Gasteiger partial charge on any atom is -0.355 e. The van der Waals surface area contributed by atoms with E-state index in [-0.39, 0.29) is 42.3 Å². The predicted molar refractivity (Wildman–Crippen MR) is 98.6 cm³/mol. The molecule has 1 aromatic rings. The van der Waals surface area contributed by atoms with Gasteiger partial charge < -0.3 is 16.0 Å². The van der Waals surface area contributed by atoms with Gasteiger partial charge in [0.2, 0.25) is 5.91 Å². The number of hydrogen-bond acceptors (Lipinski definition) is 4. The monoisotopic (exact) mass is 479 g/mol. The molecule has 0 unspecified atom stereocenters. The summed E-state index contributed by atoms with van der Waals surface area (Å²) in [5, 5.41) is 9.85. The third-order valence-corrected chi connectivity index (χ3v) is 3.56. The minimum absolute atomic E-state index is 0. The van der Waals surface area contributed by atoms with Gasteiger partial charge in [-0.1, -0.05) is 13.8 Å². The minimum atomic E-state index is -4.43. The summed E-state index contributed by atoms with van der Waals surface area (Å²) < 4.78 is 37.3. The Morgan fingerprint density at radius 2 is 1.92 bits per heavy atom. The summed E-state index contributed by atoms with van der Waals surface area (Å²) in [5.74, 6) is 0.296. The van der Waals surface area contributed by atoms with Crippen LogP contribution in [0.4, 0.5) is 13.2 Å². The van der Waals surface area contributed by atoms with Crippen LogP contribution in [-0.4, -0.2) is 37.0 Å². The van der Waals surface area contributed by atoms with Crippen LogP contribution in [0.15, 0.2) is 10.4 Å². The first-order valence-electron chi connectivity index (χ1n) is 6.98. The molecule has 6 nitrogen and oxygen atoms in total. The van der Waals surface area contributed by atoms with Crippen molar-refractivity contribution in [1.82, 2.24) is 20.9 Å². The summed E-state index contributed by atoms with van der Waals surface area (Å²) in [6, 6.07) is 0. The lowest BCUT2D eigenvalue weighted by Crippen LogP contribution is -2.41. The lowest BCUT2D eigenvalue weighted by atomic mass is 10.2. The fraction of sp³-hybridized carbons (Fsp3) is 0.615. The second-order valence-electron chi connectivity index (χ2n) is 4.92. The van der Waals surface area contributed by atoms with Crippen LogP contribution in [0.2, 0.25) is 0 Å². The van der Waals surface area contributed by atoms with Gasteiger partial charge in [-0.3, -0.25) is 9.79 Å². The molecule has 0 atom stereocenters. The van der Waals surface area contributed by atoms with Crippen molar-refractivity contribution < 1.29 is 18.0 Å². The van der Waals surface area contributed by atoms with Gasteiger partial charge >= 0.3 is 6.18 Å². The Hall–Kier alpha value is -1.11. The van der Waals surface area contributed by atoms with Crippen molar-refractivity contribution in [3.63, 3.8) is 0 Å². The number of nitrogens with one attached hydrogen (secondary N) is 3. The number of carbonyl (C=O) groups excluding carboxylic acids is 1. The second-order valence-corrected chi connectivity index (χ2v) is 5.87. The second kappa shape index (κ2) is 10.7. The number of rotatable bonds is 6. The number of carbonyl (C=O) groups is 1. The topological polar surface area (TPSA) is 78.4 Å². The Kier molecular flexibility index (Phi) is 10.2. The molecule has 0 aliphatic carbocycles. The van der Waals surface area contributed by atoms with E-state index in [1.54, 1.807) is 20.9 Å². The van der Waals surface area contributed by atoms with Crippen molar-refractivity contribution in [3.8, 4) is 0 Å². The smallest absolute Gasteiger partial charge is 0.355 e. The molecule has 1 amide bonds. The number of guanidine groups is 1. The van der Waals surface area contributed by atoms with Gasteiger partial charge in [0.1, 0.15) is 5.01 Å². The van der Waals surface area contributed by atoms with Gasteiger partial charge in [-0.15, -0.1) is 35.3 Å². The zero-order valence-corrected chi connectivity index (χ0v) is 16.7. The van der Waals surface area contributed by atoms with Crippen LogP contribution in [0.3, 0.4) is 0 Å². The molecular weight excluding hydrogens is 458 g/mol. The SMILES string of the molecule is CN=C(NCCNC(=O)C(C)C)NCc1nc(C(F)(F)F)cs1.I. The van der Waals surface area contributed by atoms with Crippen molar-refractivity contribution in [2.45, 2.75) is 26.6 Å². The van der Waals surface area contributed by atoms with E-state index >= 15 is 0 Å². The van der Waals surface area contributed by atoms with E-state index in [0.717, 1.165) is 16.7 Å². The normalized spacial score (nSPS) is 11.9. The molecule has 1 aromatic heterocycles. The summed E-state index contributed by atoms with van der Waals surface area (Å²) in [6.45, 7) is 4.61. The molecule has 3 N–H and O–H groups in total. The zero-order valence-electron chi connectivity index (χ0n) is 13.5. The fourth-order valence-corrected chi connectivity index (χ4v) is 2.21. The maximum atomic E-state index is 12.4. The van der Waals surface area contributed by atoms with E-state index < -0.39 is 11.9 Å². The molecule has 0 aliphatic rings. The van der Waals surface area contributed by atoms with Crippen LogP contribution in [-0.2, 0) is 17.5 Å². The van der Waals surface area contributed by atoms with Gasteiger partial charge in [0, 0.05) is 31.4 Å². The molecule has 0 saturated carbocycles. The van der Waals surface area contributed by atoms with Gasteiger partial charge in [0.05, 0.1) is 6.54 Å². The third-order valence-electron chi connectivity index (χ3n) is 2.71. The van der Waals surface area contributed by atoms with E-state index in [1.807, 2.05) is 0 Å². The average molecular weight is 479 g/mol. The van der Waals surface area contributed by atoms with Gasteiger partial charge in [0.25, 0.3) is 0 Å². The highest BCUT2D eigenvalue weighted by Crippen LogP contribution is 2.29. The first-order valence-corrected chi connectivity index (χ1v) is 7.85. The molecule has 138 valence electrons. The molecule has 0 aliphatic heterocycles. The molecule has 0 spiro atoms. The molecule has 0 radical (unpaired) electrons. The molecule has 11 heteroatoms. The predicted octanol–water partition coefficient (Wildman–Crippen LogP) is 2.22. The number of thiazole rings is 1. The Morgan fingerprint density at radius 1 is 1.29 bits per heavy atom. The number of hydrogen-bond donors (Lipinski definition) is 3. The average Bonchev–Trinajstić information content (AvgIpc) is 2.95. The van der Waals surface area contributed by atoms with Crippen molar-refractivity contribution in [1.29, 1.82) is 0 Å². The Morgan fingerprint density at radius 3 is 2.42 bits per heavy atom. The molecular formula is C13H21F3IN5OS. The molecule has 1 heterocycles. The maximum absolute atomic E-state index is 12.4. The lowest BCUT2D eigenvalue weighted by Gasteiger charge is -2.12. The molecule has 1 rings (SSSR count). The number of aliphatic imine (C=N–C) groups is 1. The molecule has 0 bridgehead atoms. The van der Waals surface area contributed by atoms with Crippen molar-refractivity contribution in [3.05, 3.63) is 16.1 Å². The number of amides is 1. The summed E-state index contributed by atoms with van der Waals surface area (Å²) in [4.78, 5) is 18.8. The zero-order chi connectivity index (χ0) is 17.5. The lowest BCUT2D eigenvalue weighted by molar-refractivity contribution is -0.140. The van der Waals surface area contributed by atoms with E-state index in [9.17, 15) is 18.0 Å². The van der Waals surface area contributed by atoms with Crippen molar-refractivity contribution in [2.24, 2.45) is 10.9 Å². The quantitative estimate of drug-likeness (QED) is 0.253. The van der Waals surface area contributed by atoms with Crippen molar-refractivity contribution >= 4 is 47.2 Å². The van der Waals surface area contributed by atoms with E-state index in [2.05, 4.69) is 25.9 Å². The van der Waals surface area contributed by atoms with Crippen LogP contribution in [0.1, 0.15) is 24.5 Å². The van der Waals surface area contributed by atoms with Crippen LogP contribution < -0.4 is 16.0 Å². The molecule has 24 heavy (non-hydrogen) atoms. The largest absolute Gasteiger partial charge is 0.434 e. The number of nitrogens with zero attached hydrogens (tertiary/aromatic N) is 2. The summed E-state index contributed by atoms with van der Waals surface area (Å²) in [5.41, 5.74) is -0.890. The highest BCUT2D eigenvalue weighted by atomic mass is 127. The van der Waals surface area contributed by atoms with Crippen LogP contribution in [0.5, 0.6) is 0 Å². The van der Waals surface area contributed by atoms with Gasteiger partial charge in [0.15, 0.2) is 11.7 Å². The highest BCUT2D eigenvalue weighted by Gasteiger charge is 2.33. The summed E-state index contributed by atoms with van der Waals surface area (Å²) >= 11 is 0.931. The first-order chi connectivity index (χ1) is 10.7.